The second kappa shape index (κ2) is 4.94. The van der Waals surface area contributed by atoms with Gasteiger partial charge in [0.15, 0.2) is 0 Å². The van der Waals surface area contributed by atoms with Crippen molar-refractivity contribution >= 4 is 33.2 Å². The highest BCUT2D eigenvalue weighted by molar-refractivity contribution is 9.10. The van der Waals surface area contributed by atoms with E-state index in [1.165, 1.54) is 7.11 Å². The molecule has 4 heteroatoms. The van der Waals surface area contributed by atoms with Crippen LogP contribution in [0.3, 0.4) is 0 Å². The fourth-order valence-electron chi connectivity index (χ4n) is 1.34. The first-order chi connectivity index (χ1) is 6.56. The molecule has 0 fully saturated rings. The molecule has 0 aliphatic rings. The van der Waals surface area contributed by atoms with Crippen molar-refractivity contribution in [1.82, 2.24) is 0 Å². The third kappa shape index (κ3) is 2.58. The van der Waals surface area contributed by atoms with Gasteiger partial charge in [0.25, 0.3) is 0 Å². The minimum absolute atomic E-state index is 0.142. The largest absolute Gasteiger partial charge is 0.469 e. The third-order valence-electron chi connectivity index (χ3n) is 2.02. The Bertz CT molecular complexity index is 320. The van der Waals surface area contributed by atoms with Crippen molar-refractivity contribution in [3.05, 3.63) is 20.8 Å². The molecular weight excluding hydrogens is 264 g/mol. The van der Waals surface area contributed by atoms with Crippen molar-refractivity contribution in [2.24, 2.45) is 5.92 Å². The number of esters is 1. The van der Waals surface area contributed by atoms with Gasteiger partial charge in [-0.2, -0.15) is 0 Å². The standard InChI is InChI=1S/C10H13BrO2S/c1-6(2)9(10(12)13-3)8-4-7(11)5-14-8/h4-6,9H,1-3H3. The quantitative estimate of drug-likeness (QED) is 0.791. The third-order valence-corrected chi connectivity index (χ3v) is 3.79. The van der Waals surface area contributed by atoms with Crippen LogP contribution in [0.15, 0.2) is 15.9 Å². The van der Waals surface area contributed by atoms with Crippen LogP contribution in [0, 0.1) is 5.92 Å². The topological polar surface area (TPSA) is 26.3 Å². The Labute approximate surface area is 96.4 Å². The average molecular weight is 277 g/mol. The van der Waals surface area contributed by atoms with Crippen LogP contribution < -0.4 is 0 Å². The van der Waals surface area contributed by atoms with Gasteiger partial charge in [-0.1, -0.05) is 13.8 Å². The van der Waals surface area contributed by atoms with E-state index in [1.54, 1.807) is 11.3 Å². The fraction of sp³-hybridized carbons (Fsp3) is 0.500. The molecular formula is C10H13BrO2S. The molecule has 1 rings (SSSR count). The summed E-state index contributed by atoms with van der Waals surface area (Å²) in [5.74, 6) is -0.0429. The SMILES string of the molecule is COC(=O)C(c1cc(Br)cs1)C(C)C. The zero-order chi connectivity index (χ0) is 10.7. The van der Waals surface area contributed by atoms with Gasteiger partial charge in [0.1, 0.15) is 0 Å². The van der Waals surface area contributed by atoms with E-state index in [4.69, 9.17) is 4.74 Å². The Morgan fingerprint density at radius 1 is 1.57 bits per heavy atom. The summed E-state index contributed by atoms with van der Waals surface area (Å²) in [6.45, 7) is 4.05. The molecule has 0 saturated carbocycles. The molecule has 1 heterocycles. The number of halogens is 1. The Hall–Kier alpha value is -0.350. The highest BCUT2D eigenvalue weighted by Crippen LogP contribution is 2.32. The van der Waals surface area contributed by atoms with E-state index in [1.807, 2.05) is 25.3 Å². The van der Waals surface area contributed by atoms with Gasteiger partial charge in [-0.3, -0.25) is 4.79 Å². The summed E-state index contributed by atoms with van der Waals surface area (Å²) in [7, 11) is 1.43. The van der Waals surface area contributed by atoms with E-state index >= 15 is 0 Å². The summed E-state index contributed by atoms with van der Waals surface area (Å²) >= 11 is 4.96. The smallest absolute Gasteiger partial charge is 0.314 e. The summed E-state index contributed by atoms with van der Waals surface area (Å²) < 4.78 is 5.81. The van der Waals surface area contributed by atoms with Crippen LogP contribution in [-0.4, -0.2) is 13.1 Å². The highest BCUT2D eigenvalue weighted by atomic mass is 79.9. The Balaban J connectivity index is 2.94. The number of ether oxygens (including phenoxy) is 1. The van der Waals surface area contributed by atoms with Crippen molar-refractivity contribution in [1.29, 1.82) is 0 Å². The number of hydrogen-bond donors (Lipinski definition) is 0. The Morgan fingerprint density at radius 2 is 2.21 bits per heavy atom. The second-order valence-electron chi connectivity index (χ2n) is 3.41. The lowest BCUT2D eigenvalue weighted by Gasteiger charge is -2.16. The molecule has 0 radical (unpaired) electrons. The normalized spacial score (nSPS) is 12.9. The van der Waals surface area contributed by atoms with Gasteiger partial charge in [-0.05, 0) is 27.9 Å². The minimum atomic E-state index is -0.158. The van der Waals surface area contributed by atoms with Crippen molar-refractivity contribution in [3.8, 4) is 0 Å². The van der Waals surface area contributed by atoms with E-state index in [-0.39, 0.29) is 17.8 Å². The molecule has 14 heavy (non-hydrogen) atoms. The molecule has 0 aliphatic carbocycles. The maximum atomic E-state index is 11.5. The van der Waals surface area contributed by atoms with Crippen LogP contribution in [0.1, 0.15) is 24.6 Å². The predicted molar refractivity (Wildman–Crippen MR) is 61.6 cm³/mol. The van der Waals surface area contributed by atoms with Gasteiger partial charge in [-0.25, -0.2) is 0 Å². The maximum Gasteiger partial charge on any atom is 0.314 e. The first-order valence-electron chi connectivity index (χ1n) is 4.38. The summed E-state index contributed by atoms with van der Waals surface area (Å²) in [6, 6.07) is 1.98. The molecule has 78 valence electrons. The first kappa shape index (κ1) is 11.7. The van der Waals surface area contributed by atoms with E-state index in [2.05, 4.69) is 15.9 Å². The van der Waals surface area contributed by atoms with Gasteiger partial charge in [0.05, 0.1) is 13.0 Å². The number of methoxy groups -OCH3 is 1. The lowest BCUT2D eigenvalue weighted by Crippen LogP contribution is -2.18. The Kier molecular flexibility index (Phi) is 4.13. The maximum absolute atomic E-state index is 11.5. The van der Waals surface area contributed by atoms with Gasteiger partial charge in [0, 0.05) is 14.7 Å². The first-order valence-corrected chi connectivity index (χ1v) is 6.05. The van der Waals surface area contributed by atoms with Crippen LogP contribution in [0.5, 0.6) is 0 Å². The zero-order valence-electron chi connectivity index (χ0n) is 8.41. The van der Waals surface area contributed by atoms with Gasteiger partial charge < -0.3 is 4.74 Å². The molecule has 0 aliphatic heterocycles. The zero-order valence-corrected chi connectivity index (χ0v) is 10.8. The van der Waals surface area contributed by atoms with Crippen LogP contribution >= 0.6 is 27.3 Å². The predicted octanol–water partition coefficient (Wildman–Crippen LogP) is 3.42. The Morgan fingerprint density at radius 3 is 2.57 bits per heavy atom. The van der Waals surface area contributed by atoms with Crippen molar-refractivity contribution in [2.45, 2.75) is 19.8 Å². The molecule has 0 bridgehead atoms. The monoisotopic (exact) mass is 276 g/mol. The van der Waals surface area contributed by atoms with Gasteiger partial charge in [-0.15, -0.1) is 11.3 Å². The number of carbonyl (C=O) groups excluding carboxylic acids is 1. The molecule has 0 spiro atoms. The second-order valence-corrected chi connectivity index (χ2v) is 5.27. The van der Waals surface area contributed by atoms with E-state index in [0.29, 0.717) is 0 Å². The summed E-state index contributed by atoms with van der Waals surface area (Å²) in [4.78, 5) is 12.6. The van der Waals surface area contributed by atoms with E-state index < -0.39 is 0 Å². The van der Waals surface area contributed by atoms with E-state index in [9.17, 15) is 4.79 Å². The molecule has 0 saturated heterocycles. The molecule has 0 amide bonds. The molecule has 1 unspecified atom stereocenters. The lowest BCUT2D eigenvalue weighted by molar-refractivity contribution is -0.143. The molecule has 1 atom stereocenters. The van der Waals surface area contributed by atoms with Crippen molar-refractivity contribution in [3.63, 3.8) is 0 Å². The van der Waals surface area contributed by atoms with Crippen LogP contribution in [0.2, 0.25) is 0 Å². The molecule has 0 N–H and O–H groups in total. The van der Waals surface area contributed by atoms with Crippen LogP contribution in [-0.2, 0) is 9.53 Å². The molecule has 0 aromatic carbocycles. The average Bonchev–Trinajstić information content (AvgIpc) is 2.51. The number of carbonyl (C=O) groups is 1. The molecule has 2 nitrogen and oxygen atoms in total. The molecule has 1 aromatic rings. The van der Waals surface area contributed by atoms with Gasteiger partial charge in [0.2, 0.25) is 0 Å². The number of thiophene rings is 1. The fourth-order valence-corrected chi connectivity index (χ4v) is 3.04. The van der Waals surface area contributed by atoms with Crippen molar-refractivity contribution < 1.29 is 9.53 Å². The summed E-state index contributed by atoms with van der Waals surface area (Å²) in [5.41, 5.74) is 0. The molecule has 1 aromatic heterocycles. The highest BCUT2D eigenvalue weighted by Gasteiger charge is 2.26. The summed E-state index contributed by atoms with van der Waals surface area (Å²) in [5, 5.41) is 1.98. The van der Waals surface area contributed by atoms with Crippen molar-refractivity contribution in [2.75, 3.05) is 7.11 Å². The van der Waals surface area contributed by atoms with E-state index in [0.717, 1.165) is 9.35 Å². The summed E-state index contributed by atoms with van der Waals surface area (Å²) in [6.07, 6.45) is 0. The lowest BCUT2D eigenvalue weighted by atomic mass is 9.94. The number of hydrogen-bond acceptors (Lipinski definition) is 3. The van der Waals surface area contributed by atoms with Gasteiger partial charge >= 0.3 is 5.97 Å². The van der Waals surface area contributed by atoms with Crippen LogP contribution in [0.4, 0.5) is 0 Å². The minimum Gasteiger partial charge on any atom is -0.469 e. The number of rotatable bonds is 3. The van der Waals surface area contributed by atoms with Crippen LogP contribution in [0.25, 0.3) is 0 Å².